The van der Waals surface area contributed by atoms with Crippen molar-refractivity contribution in [3.8, 4) is 0 Å². The Morgan fingerprint density at radius 2 is 1.62 bits per heavy atom. The van der Waals surface area contributed by atoms with Gasteiger partial charge in [0, 0.05) is 22.4 Å². The van der Waals surface area contributed by atoms with Crippen LogP contribution in [0.5, 0.6) is 0 Å². The van der Waals surface area contributed by atoms with Crippen molar-refractivity contribution in [1.82, 2.24) is 4.98 Å². The number of para-hydroxylation sites is 1. The fraction of sp³-hybridized carbons (Fsp3) is 0.130. The summed E-state index contributed by atoms with van der Waals surface area (Å²) in [4.78, 5) is 2.90. The molecule has 2 heterocycles. The van der Waals surface area contributed by atoms with Crippen LogP contribution in [0.1, 0.15) is 22.6 Å². The quantitative estimate of drug-likeness (QED) is 0.484. The Kier molecular flexibility index (Phi) is 4.65. The van der Waals surface area contributed by atoms with Crippen LogP contribution >= 0.6 is 0 Å². The molecule has 0 bridgehead atoms. The maximum atomic E-state index is 13.5. The second-order valence-corrected chi connectivity index (χ2v) is 11.7. The maximum Gasteiger partial charge on any atom is 0.278 e. The summed E-state index contributed by atoms with van der Waals surface area (Å²) in [6.45, 7) is 1.82. The van der Waals surface area contributed by atoms with Crippen molar-refractivity contribution in [3.63, 3.8) is 0 Å². The molecule has 1 atom stereocenters. The number of benzene rings is 3. The number of aromatic amines is 1. The van der Waals surface area contributed by atoms with Crippen LogP contribution in [0.2, 0.25) is 0 Å². The van der Waals surface area contributed by atoms with Crippen LogP contribution in [0.4, 0.5) is 10.2 Å². The Labute approximate surface area is 185 Å². The molecule has 0 radical (unpaired) electrons. The van der Waals surface area contributed by atoms with E-state index < -0.39 is 37.5 Å². The highest BCUT2D eigenvalue weighted by atomic mass is 32.3. The summed E-state index contributed by atoms with van der Waals surface area (Å²) >= 11 is 0. The predicted octanol–water partition coefficient (Wildman–Crippen LogP) is 4.29. The Bertz CT molecular complexity index is 1540. The Hall–Kier alpha value is -3.17. The van der Waals surface area contributed by atoms with Crippen LogP contribution in [-0.2, 0) is 20.0 Å². The van der Waals surface area contributed by atoms with Gasteiger partial charge in [0.15, 0.2) is 0 Å². The van der Waals surface area contributed by atoms with Crippen LogP contribution in [0, 0.1) is 12.7 Å². The molecule has 0 fully saturated rings. The van der Waals surface area contributed by atoms with Crippen molar-refractivity contribution in [2.75, 3.05) is 9.46 Å². The summed E-state index contributed by atoms with van der Waals surface area (Å²) in [6.07, 6.45) is 0. The van der Waals surface area contributed by atoms with Gasteiger partial charge >= 0.3 is 0 Å². The second-order valence-electron chi connectivity index (χ2n) is 7.83. The van der Waals surface area contributed by atoms with Crippen molar-refractivity contribution in [2.24, 2.45) is 0 Å². The monoisotopic (exact) mass is 470 g/mol. The van der Waals surface area contributed by atoms with Gasteiger partial charge in [-0.2, -0.15) is 8.42 Å². The average Bonchev–Trinajstić information content (AvgIpc) is 3.11. The van der Waals surface area contributed by atoms with E-state index in [1.165, 1.54) is 36.4 Å². The lowest BCUT2D eigenvalue weighted by Crippen LogP contribution is -2.43. The largest absolute Gasteiger partial charge is 0.339 e. The van der Waals surface area contributed by atoms with Crippen LogP contribution < -0.4 is 3.71 Å². The van der Waals surface area contributed by atoms with Gasteiger partial charge in [-0.1, -0.05) is 48.0 Å². The Balaban J connectivity index is 1.79. The van der Waals surface area contributed by atoms with Crippen molar-refractivity contribution in [3.05, 3.63) is 95.3 Å². The van der Waals surface area contributed by atoms with Gasteiger partial charge in [-0.3, -0.25) is 0 Å². The van der Waals surface area contributed by atoms with Crippen LogP contribution in [0.25, 0.3) is 10.9 Å². The highest BCUT2D eigenvalue weighted by Gasteiger charge is 2.46. The Morgan fingerprint density at radius 1 is 0.969 bits per heavy atom. The topological polar surface area (TPSA) is 87.3 Å². The average molecular weight is 471 g/mol. The van der Waals surface area contributed by atoms with Crippen LogP contribution in [0.3, 0.4) is 0 Å². The number of nitrogens with one attached hydrogen (secondary N) is 1. The molecule has 9 heteroatoms. The molecular weight excluding hydrogens is 451 g/mol. The highest BCUT2D eigenvalue weighted by Crippen LogP contribution is 2.46. The van der Waals surface area contributed by atoms with E-state index in [2.05, 4.69) is 4.98 Å². The number of nitrogens with zero attached hydrogens (tertiary/aromatic N) is 1. The van der Waals surface area contributed by atoms with Crippen molar-refractivity contribution in [2.45, 2.75) is 17.7 Å². The molecule has 5 rings (SSSR count). The molecule has 1 N–H and O–H groups in total. The summed E-state index contributed by atoms with van der Waals surface area (Å²) < 4.78 is 67.9. The lowest BCUT2D eigenvalue weighted by molar-refractivity contribution is 0.578. The number of halogens is 1. The molecule has 32 heavy (non-hydrogen) atoms. The third kappa shape index (κ3) is 3.20. The van der Waals surface area contributed by atoms with Gasteiger partial charge in [-0.15, -0.1) is 3.71 Å². The number of anilines is 1. The van der Waals surface area contributed by atoms with Crippen LogP contribution in [-0.4, -0.2) is 27.6 Å². The van der Waals surface area contributed by atoms with Gasteiger partial charge in [0.1, 0.15) is 11.6 Å². The number of fused-ring (bicyclic) bond motifs is 3. The molecule has 1 aromatic heterocycles. The third-order valence-electron chi connectivity index (χ3n) is 5.70. The van der Waals surface area contributed by atoms with Gasteiger partial charge in [0.2, 0.25) is 0 Å². The van der Waals surface area contributed by atoms with Crippen molar-refractivity contribution >= 4 is 36.8 Å². The maximum absolute atomic E-state index is 13.5. The van der Waals surface area contributed by atoms with Gasteiger partial charge < -0.3 is 4.98 Å². The normalized spacial score (nSPS) is 17.9. The Morgan fingerprint density at radius 3 is 2.31 bits per heavy atom. The number of aromatic nitrogens is 1. The van der Waals surface area contributed by atoms with E-state index in [9.17, 15) is 21.2 Å². The van der Waals surface area contributed by atoms with E-state index in [-0.39, 0.29) is 10.7 Å². The number of H-pyrrole nitrogens is 1. The fourth-order valence-electron chi connectivity index (χ4n) is 4.18. The lowest BCUT2D eigenvalue weighted by Gasteiger charge is -2.32. The van der Waals surface area contributed by atoms with Gasteiger partial charge in [-0.05, 0) is 42.8 Å². The van der Waals surface area contributed by atoms with E-state index in [1.54, 1.807) is 30.3 Å². The molecule has 0 spiro atoms. The minimum absolute atomic E-state index is 0.00708. The molecule has 6 nitrogen and oxygen atoms in total. The molecule has 1 unspecified atom stereocenters. The fourth-order valence-corrected chi connectivity index (χ4v) is 8.21. The first-order valence-corrected chi connectivity index (χ1v) is 12.9. The first-order valence-electron chi connectivity index (χ1n) is 9.89. The van der Waals surface area contributed by atoms with E-state index in [0.717, 1.165) is 10.9 Å². The molecule has 0 amide bonds. The summed E-state index contributed by atoms with van der Waals surface area (Å²) in [5.41, 5.74) is 2.62. The first kappa shape index (κ1) is 20.7. The zero-order chi connectivity index (χ0) is 22.7. The van der Waals surface area contributed by atoms with Gasteiger partial charge in [0.25, 0.3) is 20.0 Å². The summed E-state index contributed by atoms with van der Waals surface area (Å²) in [6, 6.07) is 18.8. The smallest absolute Gasteiger partial charge is 0.278 e. The molecule has 3 aromatic carbocycles. The minimum atomic E-state index is -4.41. The van der Waals surface area contributed by atoms with E-state index in [4.69, 9.17) is 0 Å². The summed E-state index contributed by atoms with van der Waals surface area (Å²) in [7, 11) is -8.69. The zero-order valence-electron chi connectivity index (χ0n) is 17.0. The van der Waals surface area contributed by atoms with Crippen molar-refractivity contribution < 1.29 is 21.2 Å². The highest BCUT2D eigenvalue weighted by molar-refractivity contribution is 8.10. The van der Waals surface area contributed by atoms with Crippen molar-refractivity contribution in [1.29, 1.82) is 0 Å². The third-order valence-corrected chi connectivity index (χ3v) is 9.90. The molecule has 4 aromatic rings. The summed E-state index contributed by atoms with van der Waals surface area (Å²) in [5.74, 6) is -1.56. The SMILES string of the molecule is Cc1ccc(S(=O)(=O)N2c3[nH]c4ccccc4c3C(c3ccc(F)cc3)CS2(=O)=O)cc1. The molecule has 1 aliphatic heterocycles. The molecular formula is C23H19FN2O4S2. The van der Waals surface area contributed by atoms with E-state index >= 15 is 0 Å². The lowest BCUT2D eigenvalue weighted by atomic mass is 9.92. The van der Waals surface area contributed by atoms with Gasteiger partial charge in [-0.25, -0.2) is 12.8 Å². The molecule has 0 aliphatic carbocycles. The number of rotatable bonds is 3. The standard InChI is InChI=1S/C23H19FN2O4S2/c1-15-6-12-18(13-7-15)32(29,30)26-23-22(19-4-2-3-5-21(19)25-23)20(14-31(26,27)28)16-8-10-17(24)11-9-16/h2-13,20,25H,14H2,1H3. The predicted molar refractivity (Wildman–Crippen MR) is 121 cm³/mol. The second kappa shape index (κ2) is 7.18. The number of hydrogen-bond acceptors (Lipinski definition) is 4. The number of hydrogen-bond donors (Lipinski definition) is 1. The van der Waals surface area contributed by atoms with E-state index in [1.807, 2.05) is 13.0 Å². The van der Waals surface area contributed by atoms with Crippen LogP contribution in [0.15, 0.2) is 77.7 Å². The minimum Gasteiger partial charge on any atom is -0.339 e. The molecule has 0 saturated heterocycles. The van der Waals surface area contributed by atoms with E-state index in [0.29, 0.717) is 20.4 Å². The summed E-state index contributed by atoms with van der Waals surface area (Å²) in [5, 5.41) is 0.718. The van der Waals surface area contributed by atoms with Gasteiger partial charge in [0.05, 0.1) is 10.6 Å². The number of aryl methyl sites for hydroxylation is 1. The number of sulfonamides is 2. The molecule has 1 aliphatic rings. The molecule has 164 valence electrons. The molecule has 0 saturated carbocycles. The first-order chi connectivity index (χ1) is 15.2. The zero-order valence-corrected chi connectivity index (χ0v) is 18.6.